The van der Waals surface area contributed by atoms with E-state index in [4.69, 9.17) is 26.6 Å². The highest BCUT2D eigenvalue weighted by Crippen LogP contribution is 2.40. The molecule has 0 bridgehead atoms. The number of rotatable bonds is 4. The first-order valence-electron chi connectivity index (χ1n) is 7.87. The number of nitrogen functional groups attached to an aromatic ring is 1. The van der Waals surface area contributed by atoms with Gasteiger partial charge in [0.15, 0.2) is 10.9 Å². The second kappa shape index (κ2) is 7.31. The largest absolute Gasteiger partial charge is 0.491 e. The van der Waals surface area contributed by atoms with Crippen LogP contribution in [0.5, 0.6) is 0 Å². The minimum Gasteiger partial charge on any atom is -0.400 e. The van der Waals surface area contributed by atoms with Gasteiger partial charge >= 0.3 is 7.12 Å². The molecule has 0 unspecified atom stereocenters. The number of anilines is 1. The normalized spacial score (nSPS) is 19.3. The topological polar surface area (TPSA) is 61.6 Å². The van der Waals surface area contributed by atoms with Crippen molar-refractivity contribution in [3.05, 3.63) is 34.0 Å². The predicted molar refractivity (Wildman–Crippen MR) is 103 cm³/mol. The van der Waals surface area contributed by atoms with Gasteiger partial charge in [0.25, 0.3) is 0 Å². The van der Waals surface area contributed by atoms with Crippen LogP contribution in [-0.2, 0) is 14.1 Å². The summed E-state index contributed by atoms with van der Waals surface area (Å²) in [5.41, 5.74) is 5.64. The van der Waals surface area contributed by atoms with E-state index in [1.165, 1.54) is 13.0 Å². The summed E-state index contributed by atoms with van der Waals surface area (Å²) in [6.07, 6.45) is 1.70. The molecule has 136 valence electrons. The highest BCUT2D eigenvalue weighted by molar-refractivity contribution is 8.13. The first-order valence-corrected chi connectivity index (χ1v) is 9.24. The molecule has 0 amide bonds. The van der Waals surface area contributed by atoms with Crippen LogP contribution in [-0.4, -0.2) is 29.2 Å². The zero-order valence-electron chi connectivity index (χ0n) is 15.0. The lowest BCUT2D eigenvalue weighted by Crippen LogP contribution is -2.41. The van der Waals surface area contributed by atoms with Crippen molar-refractivity contribution in [1.29, 1.82) is 0 Å². The van der Waals surface area contributed by atoms with E-state index in [0.29, 0.717) is 16.8 Å². The van der Waals surface area contributed by atoms with Gasteiger partial charge in [0, 0.05) is 12.7 Å². The summed E-state index contributed by atoms with van der Waals surface area (Å²) in [5, 5.41) is -0.0983. The maximum absolute atomic E-state index is 14.0. The summed E-state index contributed by atoms with van der Waals surface area (Å²) in [6.45, 7) is 9.26. The molecular weight excluding hydrogens is 364 g/mol. The molecule has 25 heavy (non-hydrogen) atoms. The number of hydrogen-bond acceptors (Lipinski definition) is 5. The zero-order valence-corrected chi connectivity index (χ0v) is 16.6. The standard InChI is InChI=1S/C17H22BClFNO3S/c1-10(22)25-9-12(18-23-16(2,3)17(4,5)24-18)8-11-6-7-13(21)15(20)14(11)19/h6-8H,9,21H2,1-5H3. The van der Waals surface area contributed by atoms with Crippen LogP contribution in [0.1, 0.15) is 40.2 Å². The Labute approximate surface area is 157 Å². The highest BCUT2D eigenvalue weighted by Gasteiger charge is 2.52. The molecule has 1 fully saturated rings. The maximum Gasteiger partial charge on any atom is 0.491 e. The van der Waals surface area contributed by atoms with Crippen molar-refractivity contribution in [3.63, 3.8) is 0 Å². The zero-order chi connectivity index (χ0) is 19.0. The lowest BCUT2D eigenvalue weighted by molar-refractivity contribution is -0.109. The first-order chi connectivity index (χ1) is 11.4. The van der Waals surface area contributed by atoms with E-state index < -0.39 is 24.1 Å². The van der Waals surface area contributed by atoms with E-state index in [-0.39, 0.29) is 15.8 Å². The average molecular weight is 386 g/mol. The number of nitrogens with two attached hydrogens (primary N) is 1. The predicted octanol–water partition coefficient (Wildman–Crippen LogP) is 4.36. The second-order valence-electron chi connectivity index (χ2n) is 6.96. The van der Waals surface area contributed by atoms with Gasteiger partial charge in [0.1, 0.15) is 0 Å². The van der Waals surface area contributed by atoms with E-state index >= 15 is 0 Å². The number of carbonyl (C=O) groups excluding carboxylic acids is 1. The summed E-state index contributed by atoms with van der Waals surface area (Å²) in [7, 11) is -0.645. The smallest absolute Gasteiger partial charge is 0.400 e. The van der Waals surface area contributed by atoms with E-state index in [1.54, 1.807) is 12.1 Å². The molecule has 2 rings (SSSR count). The van der Waals surface area contributed by atoms with Crippen LogP contribution in [0.15, 0.2) is 17.6 Å². The molecule has 0 atom stereocenters. The molecule has 0 aliphatic carbocycles. The molecule has 0 saturated carbocycles. The van der Waals surface area contributed by atoms with Gasteiger partial charge in [-0.3, -0.25) is 4.79 Å². The van der Waals surface area contributed by atoms with Crippen LogP contribution in [0.25, 0.3) is 6.08 Å². The minimum absolute atomic E-state index is 0.0163. The number of thioether (sulfide) groups is 1. The fraction of sp³-hybridized carbons (Fsp3) is 0.471. The van der Waals surface area contributed by atoms with Gasteiger partial charge in [0.05, 0.1) is 21.9 Å². The molecule has 1 aromatic carbocycles. The molecule has 1 aliphatic heterocycles. The fourth-order valence-corrected chi connectivity index (χ4v) is 3.06. The maximum atomic E-state index is 14.0. The van der Waals surface area contributed by atoms with Crippen molar-refractivity contribution in [2.45, 2.75) is 45.8 Å². The molecule has 1 aliphatic rings. The van der Waals surface area contributed by atoms with Crippen molar-refractivity contribution in [3.8, 4) is 0 Å². The third-order valence-corrected chi connectivity index (χ3v) is 5.75. The Morgan fingerprint density at radius 1 is 1.32 bits per heavy atom. The SMILES string of the molecule is CC(=O)SCC(=Cc1ccc(N)c(F)c1Cl)B1OC(C)(C)C(C)(C)O1. The Morgan fingerprint density at radius 3 is 2.40 bits per heavy atom. The van der Waals surface area contributed by atoms with Gasteiger partial charge in [-0.2, -0.15) is 0 Å². The van der Waals surface area contributed by atoms with Crippen molar-refractivity contribution in [2.75, 3.05) is 11.5 Å². The molecule has 1 saturated heterocycles. The molecular formula is C17H22BClFNO3S. The molecule has 0 aromatic heterocycles. The Bertz CT molecular complexity index is 708. The molecule has 1 heterocycles. The quantitative estimate of drug-likeness (QED) is 0.616. The summed E-state index contributed by atoms with van der Waals surface area (Å²) in [4.78, 5) is 11.4. The third-order valence-electron chi connectivity index (χ3n) is 4.48. The van der Waals surface area contributed by atoms with E-state index in [1.807, 2.05) is 27.7 Å². The summed E-state index contributed by atoms with van der Waals surface area (Å²) < 4.78 is 26.1. The van der Waals surface area contributed by atoms with Crippen LogP contribution < -0.4 is 5.73 Å². The van der Waals surface area contributed by atoms with Gasteiger partial charge < -0.3 is 15.0 Å². The Morgan fingerprint density at radius 2 is 1.88 bits per heavy atom. The first kappa shape index (κ1) is 20.3. The molecule has 0 spiro atoms. The van der Waals surface area contributed by atoms with Crippen LogP contribution in [0.4, 0.5) is 10.1 Å². The fourth-order valence-electron chi connectivity index (χ4n) is 2.25. The Hall–Kier alpha value is -1.02. The molecule has 1 aromatic rings. The lowest BCUT2D eigenvalue weighted by Gasteiger charge is -2.32. The van der Waals surface area contributed by atoms with Crippen molar-refractivity contribution >= 4 is 47.4 Å². The van der Waals surface area contributed by atoms with Crippen LogP contribution >= 0.6 is 23.4 Å². The van der Waals surface area contributed by atoms with E-state index in [0.717, 1.165) is 11.8 Å². The summed E-state index contributed by atoms with van der Waals surface area (Å²) >= 11 is 7.20. The monoisotopic (exact) mass is 385 g/mol. The van der Waals surface area contributed by atoms with Gasteiger partial charge in [-0.05, 0) is 44.8 Å². The average Bonchev–Trinajstić information content (AvgIpc) is 2.71. The lowest BCUT2D eigenvalue weighted by atomic mass is 9.78. The van der Waals surface area contributed by atoms with Gasteiger partial charge in [-0.1, -0.05) is 35.5 Å². The van der Waals surface area contributed by atoms with E-state index in [2.05, 4.69) is 0 Å². The molecule has 2 N–H and O–H groups in total. The van der Waals surface area contributed by atoms with Crippen molar-refractivity contribution in [2.24, 2.45) is 0 Å². The van der Waals surface area contributed by atoms with Crippen LogP contribution in [0.2, 0.25) is 5.02 Å². The minimum atomic E-state index is -0.664. The van der Waals surface area contributed by atoms with Gasteiger partial charge in [0.2, 0.25) is 0 Å². The second-order valence-corrected chi connectivity index (χ2v) is 8.49. The third kappa shape index (κ3) is 4.40. The Balaban J connectivity index is 2.40. The number of halogens is 2. The summed E-state index contributed by atoms with van der Waals surface area (Å²) in [6, 6.07) is 3.08. The molecule has 8 heteroatoms. The van der Waals surface area contributed by atoms with Crippen LogP contribution in [0, 0.1) is 5.82 Å². The van der Waals surface area contributed by atoms with Gasteiger partial charge in [-0.15, -0.1) is 0 Å². The number of benzene rings is 1. The Kier molecular flexibility index (Phi) is 5.94. The van der Waals surface area contributed by atoms with Crippen molar-refractivity contribution in [1.82, 2.24) is 0 Å². The highest BCUT2D eigenvalue weighted by atomic mass is 35.5. The number of carbonyl (C=O) groups is 1. The van der Waals surface area contributed by atoms with Crippen LogP contribution in [0.3, 0.4) is 0 Å². The van der Waals surface area contributed by atoms with E-state index in [9.17, 15) is 9.18 Å². The number of hydrogen-bond donors (Lipinski definition) is 1. The summed E-state index contributed by atoms with van der Waals surface area (Å²) in [5.74, 6) is -0.308. The molecule has 0 radical (unpaired) electrons. The van der Waals surface area contributed by atoms with Gasteiger partial charge in [-0.25, -0.2) is 4.39 Å². The van der Waals surface area contributed by atoms with Crippen molar-refractivity contribution < 1.29 is 18.5 Å². The molecule has 4 nitrogen and oxygen atoms in total.